The number of unbranched alkanes of at least 4 members (excludes halogenated alkanes) is 29. The molecule has 344 valence electrons. The van der Waals surface area contributed by atoms with Crippen molar-refractivity contribution in [3.05, 3.63) is 36.5 Å². The summed E-state index contributed by atoms with van der Waals surface area (Å²) in [4.78, 5) is 37.7. The summed E-state index contributed by atoms with van der Waals surface area (Å²) in [7, 11) is 0. The lowest BCUT2D eigenvalue weighted by molar-refractivity contribution is -0.166. The first-order valence-electron chi connectivity index (χ1n) is 25.5. The van der Waals surface area contributed by atoms with E-state index in [1.807, 2.05) is 6.08 Å². The Morgan fingerprint density at radius 3 is 1.10 bits per heavy atom. The summed E-state index contributed by atoms with van der Waals surface area (Å²) >= 11 is 0. The Labute approximate surface area is 365 Å². The van der Waals surface area contributed by atoms with Gasteiger partial charge in [-0.15, -0.1) is 0 Å². The molecule has 0 heterocycles. The predicted octanol–water partition coefficient (Wildman–Crippen LogP) is 16.5. The van der Waals surface area contributed by atoms with Crippen LogP contribution in [0.2, 0.25) is 0 Å². The molecule has 0 saturated carbocycles. The van der Waals surface area contributed by atoms with E-state index < -0.39 is 6.10 Å². The van der Waals surface area contributed by atoms with Crippen LogP contribution >= 0.6 is 0 Å². The zero-order valence-electron chi connectivity index (χ0n) is 39.3. The fraction of sp³-hybridized carbons (Fsp3) is 0.830. The first-order chi connectivity index (χ1) is 29.0. The number of hydrogen-bond acceptors (Lipinski definition) is 6. The number of allylic oxidation sites excluding steroid dienone is 6. The van der Waals surface area contributed by atoms with Gasteiger partial charge >= 0.3 is 17.9 Å². The fourth-order valence-corrected chi connectivity index (χ4v) is 7.26. The van der Waals surface area contributed by atoms with E-state index in [0.717, 1.165) is 44.9 Å². The quantitative estimate of drug-likeness (QED) is 0.0263. The summed E-state index contributed by atoms with van der Waals surface area (Å²) in [5.41, 5.74) is 0. The Balaban J connectivity index is 4.32. The highest BCUT2D eigenvalue weighted by molar-refractivity contribution is 5.71. The molecular weight excluding hydrogens is 733 g/mol. The maximum atomic E-state index is 12.7. The molecule has 1 unspecified atom stereocenters. The van der Waals surface area contributed by atoms with E-state index in [4.69, 9.17) is 14.2 Å². The average Bonchev–Trinajstić information content (AvgIpc) is 3.23. The second-order valence-electron chi connectivity index (χ2n) is 17.1. The molecule has 59 heavy (non-hydrogen) atoms. The number of carbonyl (C=O) groups is 3. The third kappa shape index (κ3) is 46.5. The van der Waals surface area contributed by atoms with Crippen LogP contribution in [0.25, 0.3) is 0 Å². The number of hydrogen-bond donors (Lipinski definition) is 0. The van der Waals surface area contributed by atoms with Gasteiger partial charge in [0.15, 0.2) is 6.10 Å². The lowest BCUT2D eigenvalue weighted by Gasteiger charge is -2.18. The molecule has 0 bridgehead atoms. The van der Waals surface area contributed by atoms with Gasteiger partial charge in [0.1, 0.15) is 13.2 Å². The van der Waals surface area contributed by atoms with Crippen molar-refractivity contribution in [3.8, 4) is 0 Å². The summed E-state index contributed by atoms with van der Waals surface area (Å²) in [6.07, 6.45) is 55.9. The van der Waals surface area contributed by atoms with Gasteiger partial charge in [-0.25, -0.2) is 0 Å². The van der Waals surface area contributed by atoms with Crippen LogP contribution in [0.1, 0.15) is 265 Å². The summed E-state index contributed by atoms with van der Waals surface area (Å²) in [6, 6.07) is 0. The van der Waals surface area contributed by atoms with Crippen molar-refractivity contribution in [1.29, 1.82) is 0 Å². The van der Waals surface area contributed by atoms with Crippen LogP contribution in [-0.4, -0.2) is 37.2 Å². The van der Waals surface area contributed by atoms with Gasteiger partial charge in [-0.3, -0.25) is 14.4 Å². The molecule has 0 saturated heterocycles. The van der Waals surface area contributed by atoms with E-state index in [0.29, 0.717) is 25.7 Å². The summed E-state index contributed by atoms with van der Waals surface area (Å²) in [5.74, 6) is -0.998. The van der Waals surface area contributed by atoms with Gasteiger partial charge in [-0.05, 0) is 57.8 Å². The molecule has 0 rings (SSSR count). The molecule has 0 amide bonds. The molecule has 0 radical (unpaired) electrons. The second-order valence-corrected chi connectivity index (χ2v) is 17.1. The van der Waals surface area contributed by atoms with Crippen molar-refractivity contribution in [2.45, 2.75) is 271 Å². The first kappa shape index (κ1) is 56.6. The Hall–Kier alpha value is -2.37. The molecule has 0 aromatic rings. The minimum Gasteiger partial charge on any atom is -0.462 e. The molecule has 0 N–H and O–H groups in total. The molecule has 0 aromatic carbocycles. The minimum atomic E-state index is -0.808. The normalized spacial score (nSPS) is 12.3. The van der Waals surface area contributed by atoms with Crippen molar-refractivity contribution in [1.82, 2.24) is 0 Å². The highest BCUT2D eigenvalue weighted by atomic mass is 16.6. The van der Waals surface area contributed by atoms with Crippen LogP contribution in [0.5, 0.6) is 0 Å². The topological polar surface area (TPSA) is 78.9 Å². The molecule has 6 heteroatoms. The summed E-state index contributed by atoms with van der Waals surface area (Å²) in [5, 5.41) is 0. The smallest absolute Gasteiger partial charge is 0.306 e. The lowest BCUT2D eigenvalue weighted by atomic mass is 10.0. The average molecular weight is 829 g/mol. The van der Waals surface area contributed by atoms with Gasteiger partial charge < -0.3 is 14.2 Å². The zero-order valence-corrected chi connectivity index (χ0v) is 39.3. The SMILES string of the molecule is CCCCCC/C=C\CCCC(=O)OCC(COC(=O)CCCCCCCCCCCCCCCCCCCCC)OC(=O)CC/C=C\C/C=C\CCCCCCCC. The Morgan fingerprint density at radius 2 is 0.661 bits per heavy atom. The summed E-state index contributed by atoms with van der Waals surface area (Å²) in [6.45, 7) is 6.54. The Kier molecular flexibility index (Phi) is 46.4. The van der Waals surface area contributed by atoms with Crippen LogP contribution < -0.4 is 0 Å². The van der Waals surface area contributed by atoms with Crippen molar-refractivity contribution >= 4 is 17.9 Å². The van der Waals surface area contributed by atoms with Crippen LogP contribution in [0.4, 0.5) is 0 Å². The van der Waals surface area contributed by atoms with E-state index in [1.165, 1.54) is 167 Å². The van der Waals surface area contributed by atoms with E-state index in [2.05, 4.69) is 51.2 Å². The lowest BCUT2D eigenvalue weighted by Crippen LogP contribution is -2.30. The number of esters is 3. The highest BCUT2D eigenvalue weighted by Crippen LogP contribution is 2.16. The van der Waals surface area contributed by atoms with Crippen LogP contribution in [-0.2, 0) is 28.6 Å². The zero-order chi connectivity index (χ0) is 43.0. The standard InChI is InChI=1S/C53H96O6/c1-4-7-10-13-16-19-21-23-24-25-26-27-28-30-31-34-37-40-43-46-52(55)58-49-50(48-57-51(54)45-42-39-36-33-18-15-12-9-6-3)59-53(56)47-44-41-38-35-32-29-22-20-17-14-11-8-5-2/h29,32-33,36,38,41,50H,4-28,30-31,34-35,37,39-40,42-49H2,1-3H3/b32-29-,36-33-,41-38-. The van der Waals surface area contributed by atoms with Crippen molar-refractivity contribution < 1.29 is 28.6 Å². The third-order valence-corrected chi connectivity index (χ3v) is 11.1. The van der Waals surface area contributed by atoms with Crippen LogP contribution in [0, 0.1) is 0 Å². The van der Waals surface area contributed by atoms with E-state index in [1.54, 1.807) is 0 Å². The molecular formula is C53H96O6. The third-order valence-electron chi connectivity index (χ3n) is 11.1. The Bertz CT molecular complexity index is 1000. The number of ether oxygens (including phenoxy) is 3. The Morgan fingerprint density at radius 1 is 0.339 bits per heavy atom. The van der Waals surface area contributed by atoms with Gasteiger partial charge in [0.25, 0.3) is 0 Å². The maximum Gasteiger partial charge on any atom is 0.306 e. The molecule has 0 aliphatic heterocycles. The molecule has 1 atom stereocenters. The molecule has 0 spiro atoms. The van der Waals surface area contributed by atoms with E-state index in [9.17, 15) is 14.4 Å². The fourth-order valence-electron chi connectivity index (χ4n) is 7.26. The number of rotatable bonds is 46. The van der Waals surface area contributed by atoms with Gasteiger partial charge in [0.05, 0.1) is 0 Å². The predicted molar refractivity (Wildman–Crippen MR) is 252 cm³/mol. The van der Waals surface area contributed by atoms with Crippen LogP contribution in [0.3, 0.4) is 0 Å². The first-order valence-corrected chi connectivity index (χ1v) is 25.5. The van der Waals surface area contributed by atoms with Crippen LogP contribution in [0.15, 0.2) is 36.5 Å². The van der Waals surface area contributed by atoms with Gasteiger partial charge in [-0.2, -0.15) is 0 Å². The van der Waals surface area contributed by atoms with Gasteiger partial charge in [-0.1, -0.05) is 224 Å². The van der Waals surface area contributed by atoms with Crippen molar-refractivity contribution in [3.63, 3.8) is 0 Å². The highest BCUT2D eigenvalue weighted by Gasteiger charge is 2.19. The van der Waals surface area contributed by atoms with E-state index >= 15 is 0 Å². The monoisotopic (exact) mass is 829 g/mol. The van der Waals surface area contributed by atoms with Gasteiger partial charge in [0, 0.05) is 19.3 Å². The molecule has 0 fully saturated rings. The second kappa shape index (κ2) is 48.3. The largest absolute Gasteiger partial charge is 0.462 e. The van der Waals surface area contributed by atoms with Crippen molar-refractivity contribution in [2.24, 2.45) is 0 Å². The van der Waals surface area contributed by atoms with Gasteiger partial charge in [0.2, 0.25) is 0 Å². The molecule has 0 aromatic heterocycles. The molecule has 6 nitrogen and oxygen atoms in total. The maximum absolute atomic E-state index is 12.7. The minimum absolute atomic E-state index is 0.100. The summed E-state index contributed by atoms with van der Waals surface area (Å²) < 4.78 is 16.6. The molecule has 0 aliphatic rings. The molecule has 0 aliphatic carbocycles. The van der Waals surface area contributed by atoms with E-state index in [-0.39, 0.29) is 37.5 Å². The van der Waals surface area contributed by atoms with Crippen molar-refractivity contribution in [2.75, 3.05) is 13.2 Å². The number of carbonyl (C=O) groups excluding carboxylic acids is 3.